The highest BCUT2D eigenvalue weighted by Crippen LogP contribution is 2.30. The second-order valence-electron chi connectivity index (χ2n) is 7.06. The first kappa shape index (κ1) is 19.7. The van der Waals surface area contributed by atoms with E-state index in [-0.39, 0.29) is 11.9 Å². The zero-order chi connectivity index (χ0) is 19.2. The number of amides is 3. The van der Waals surface area contributed by atoms with E-state index in [0.29, 0.717) is 0 Å². The van der Waals surface area contributed by atoms with Gasteiger partial charge in [0, 0.05) is 19.3 Å². The highest BCUT2D eigenvalue weighted by molar-refractivity contribution is 8.13. The van der Waals surface area contributed by atoms with E-state index in [9.17, 15) is 9.59 Å². The number of unbranched alkanes of at least 4 members (excludes halogenated alkanes) is 4. The van der Waals surface area contributed by atoms with Gasteiger partial charge >= 0.3 is 6.03 Å². The number of imide groups is 1. The van der Waals surface area contributed by atoms with Gasteiger partial charge in [0.1, 0.15) is 0 Å². The van der Waals surface area contributed by atoms with Crippen LogP contribution in [0.1, 0.15) is 44.6 Å². The Morgan fingerprint density at radius 3 is 2.59 bits per heavy atom. The van der Waals surface area contributed by atoms with E-state index in [2.05, 4.69) is 29.3 Å². The van der Waals surface area contributed by atoms with E-state index in [4.69, 9.17) is 4.99 Å². The third-order valence-corrected chi connectivity index (χ3v) is 6.11. The summed E-state index contributed by atoms with van der Waals surface area (Å²) in [6.45, 7) is 3.00. The number of hydrogen-bond acceptors (Lipinski definition) is 5. The maximum absolute atomic E-state index is 12.5. The summed E-state index contributed by atoms with van der Waals surface area (Å²) in [5, 5.41) is 3.32. The van der Waals surface area contributed by atoms with Crippen molar-refractivity contribution in [1.29, 1.82) is 0 Å². The SMILES string of the molecule is CCCCCCCN1C(SCc2ccccc2)=NC2C1C(=O)NC(=O)N2C. The fraction of sp³-hybridized carbons (Fsp3) is 0.550. The zero-order valence-corrected chi connectivity index (χ0v) is 16.9. The topological polar surface area (TPSA) is 65.0 Å². The number of likely N-dealkylation sites (N-methyl/N-ethyl adjacent to an activating group) is 1. The molecule has 1 aromatic rings. The monoisotopic (exact) mass is 388 g/mol. The molecule has 1 fully saturated rings. The molecule has 2 aliphatic heterocycles. The summed E-state index contributed by atoms with van der Waals surface area (Å²) in [5.74, 6) is 0.556. The Bertz CT molecular complexity index is 694. The van der Waals surface area contributed by atoms with Crippen LogP contribution in [0.25, 0.3) is 0 Å². The molecule has 2 aliphatic rings. The van der Waals surface area contributed by atoms with Crippen molar-refractivity contribution in [3.8, 4) is 0 Å². The van der Waals surface area contributed by atoms with Gasteiger partial charge in [-0.3, -0.25) is 10.1 Å². The molecule has 1 N–H and O–H groups in total. The summed E-state index contributed by atoms with van der Waals surface area (Å²) < 4.78 is 0. The minimum atomic E-state index is -0.430. The Hall–Kier alpha value is -2.02. The lowest BCUT2D eigenvalue weighted by Crippen LogP contribution is -2.63. The number of nitrogens with zero attached hydrogens (tertiary/aromatic N) is 3. The quantitative estimate of drug-likeness (QED) is 0.693. The lowest BCUT2D eigenvalue weighted by atomic mass is 10.1. The largest absolute Gasteiger partial charge is 0.336 e. The highest BCUT2D eigenvalue weighted by Gasteiger charge is 2.48. The predicted molar refractivity (Wildman–Crippen MR) is 110 cm³/mol. The van der Waals surface area contributed by atoms with Crippen LogP contribution >= 0.6 is 11.8 Å². The number of hydrogen-bond donors (Lipinski definition) is 1. The van der Waals surface area contributed by atoms with Gasteiger partial charge < -0.3 is 9.80 Å². The Morgan fingerprint density at radius 2 is 1.85 bits per heavy atom. The molecule has 1 aromatic carbocycles. The van der Waals surface area contributed by atoms with Gasteiger partial charge in [-0.25, -0.2) is 9.79 Å². The number of urea groups is 1. The van der Waals surface area contributed by atoms with Gasteiger partial charge in [0.15, 0.2) is 17.4 Å². The van der Waals surface area contributed by atoms with Gasteiger partial charge in [-0.05, 0) is 12.0 Å². The van der Waals surface area contributed by atoms with Crippen LogP contribution < -0.4 is 5.32 Å². The number of carbonyl (C=O) groups is 2. The zero-order valence-electron chi connectivity index (χ0n) is 16.1. The van der Waals surface area contributed by atoms with Crippen molar-refractivity contribution < 1.29 is 9.59 Å². The Labute approximate surface area is 165 Å². The Kier molecular flexibility index (Phi) is 6.77. The average molecular weight is 389 g/mol. The highest BCUT2D eigenvalue weighted by atomic mass is 32.2. The molecule has 146 valence electrons. The fourth-order valence-electron chi connectivity index (χ4n) is 3.46. The summed E-state index contributed by atoms with van der Waals surface area (Å²) in [5.41, 5.74) is 1.22. The number of carbonyl (C=O) groups excluding carboxylic acids is 2. The number of aliphatic imine (C=N–C) groups is 1. The maximum Gasteiger partial charge on any atom is 0.325 e. The molecule has 7 heteroatoms. The summed E-state index contributed by atoms with van der Waals surface area (Å²) in [7, 11) is 1.70. The standard InChI is InChI=1S/C20H28N4O2S/c1-3-4-5-6-10-13-24-16-17(23(2)19(26)22-18(16)25)21-20(24)27-14-15-11-8-7-9-12-15/h7-9,11-12,16-17H,3-6,10,13-14H2,1-2H3,(H,22,25,26). The van der Waals surface area contributed by atoms with Gasteiger partial charge in [0.05, 0.1) is 0 Å². The second-order valence-corrected chi connectivity index (χ2v) is 8.00. The smallest absolute Gasteiger partial charge is 0.325 e. The summed E-state index contributed by atoms with van der Waals surface area (Å²) in [4.78, 5) is 32.9. The van der Waals surface area contributed by atoms with Crippen LogP contribution in [0.4, 0.5) is 4.79 Å². The van der Waals surface area contributed by atoms with Crippen molar-refractivity contribution in [2.75, 3.05) is 13.6 Å². The normalized spacial score (nSPS) is 21.9. The van der Waals surface area contributed by atoms with Gasteiger partial charge in [-0.15, -0.1) is 0 Å². The molecule has 0 aromatic heterocycles. The third kappa shape index (κ3) is 4.64. The predicted octanol–water partition coefficient (Wildman–Crippen LogP) is 3.44. The van der Waals surface area contributed by atoms with Crippen LogP contribution in [0.15, 0.2) is 35.3 Å². The van der Waals surface area contributed by atoms with Crippen LogP contribution in [-0.4, -0.2) is 52.7 Å². The molecule has 6 nitrogen and oxygen atoms in total. The van der Waals surface area contributed by atoms with Crippen LogP contribution in [0.3, 0.4) is 0 Å². The molecule has 27 heavy (non-hydrogen) atoms. The lowest BCUT2D eigenvalue weighted by Gasteiger charge is -2.36. The molecular formula is C20H28N4O2S. The molecule has 1 saturated heterocycles. The van der Waals surface area contributed by atoms with Gasteiger partial charge in [-0.1, -0.05) is 74.7 Å². The minimum Gasteiger partial charge on any atom is -0.336 e. The first-order valence-corrected chi connectivity index (χ1v) is 10.7. The molecule has 2 unspecified atom stereocenters. The van der Waals surface area contributed by atoms with Crippen molar-refractivity contribution >= 4 is 28.9 Å². The lowest BCUT2D eigenvalue weighted by molar-refractivity contribution is -0.127. The molecule has 0 saturated carbocycles. The summed E-state index contributed by atoms with van der Waals surface area (Å²) in [6.07, 6.45) is 5.41. The first-order chi connectivity index (χ1) is 13.1. The molecule has 3 rings (SSSR count). The number of benzene rings is 1. The second kappa shape index (κ2) is 9.26. The van der Waals surface area contributed by atoms with Crippen LogP contribution in [0.2, 0.25) is 0 Å². The molecule has 2 atom stereocenters. The maximum atomic E-state index is 12.5. The Morgan fingerprint density at radius 1 is 1.11 bits per heavy atom. The van der Waals surface area contributed by atoms with Crippen LogP contribution in [0.5, 0.6) is 0 Å². The average Bonchev–Trinajstić information content (AvgIpc) is 3.04. The molecule has 3 amide bonds. The third-order valence-electron chi connectivity index (χ3n) is 5.04. The molecule has 0 aliphatic carbocycles. The van der Waals surface area contributed by atoms with Crippen LogP contribution in [0, 0.1) is 0 Å². The van der Waals surface area contributed by atoms with Crippen molar-refractivity contribution in [2.24, 2.45) is 4.99 Å². The Balaban J connectivity index is 1.70. The van der Waals surface area contributed by atoms with Crippen LogP contribution in [-0.2, 0) is 10.5 Å². The van der Waals surface area contributed by atoms with E-state index in [1.54, 1.807) is 18.8 Å². The van der Waals surface area contributed by atoms with E-state index in [1.165, 1.54) is 29.7 Å². The molecular weight excluding hydrogens is 360 g/mol. The van der Waals surface area contributed by atoms with Crippen molar-refractivity contribution in [2.45, 2.75) is 57.0 Å². The minimum absolute atomic E-state index is 0.240. The van der Waals surface area contributed by atoms with Gasteiger partial charge in [-0.2, -0.15) is 0 Å². The number of fused-ring (bicyclic) bond motifs is 1. The van der Waals surface area contributed by atoms with E-state index >= 15 is 0 Å². The van der Waals surface area contributed by atoms with E-state index in [1.807, 2.05) is 18.2 Å². The number of thioether (sulfide) groups is 1. The molecule has 0 spiro atoms. The van der Waals surface area contributed by atoms with Crippen molar-refractivity contribution in [3.05, 3.63) is 35.9 Å². The fourth-order valence-corrected chi connectivity index (χ4v) is 4.50. The first-order valence-electron chi connectivity index (χ1n) is 9.70. The molecule has 0 radical (unpaired) electrons. The summed E-state index contributed by atoms with van der Waals surface area (Å²) in [6, 6.07) is 9.44. The molecule has 0 bridgehead atoms. The summed E-state index contributed by atoms with van der Waals surface area (Å²) >= 11 is 1.64. The van der Waals surface area contributed by atoms with E-state index < -0.39 is 12.2 Å². The molecule has 2 heterocycles. The number of amidine groups is 1. The van der Waals surface area contributed by atoms with Crippen molar-refractivity contribution in [3.63, 3.8) is 0 Å². The number of nitrogens with one attached hydrogen (secondary N) is 1. The van der Waals surface area contributed by atoms with Crippen molar-refractivity contribution in [1.82, 2.24) is 15.1 Å². The van der Waals surface area contributed by atoms with Gasteiger partial charge in [0.2, 0.25) is 0 Å². The van der Waals surface area contributed by atoms with E-state index in [0.717, 1.165) is 30.3 Å². The number of rotatable bonds is 8. The van der Waals surface area contributed by atoms with Gasteiger partial charge in [0.25, 0.3) is 5.91 Å².